The molecular weight excluding hydrogens is 329 g/mol. The van der Waals surface area contributed by atoms with Gasteiger partial charge in [-0.15, -0.1) is 0 Å². The second-order valence-electron chi connectivity index (χ2n) is 4.93. The van der Waals surface area contributed by atoms with Crippen LogP contribution in [0, 0.1) is 22.5 Å². The molecule has 3 rings (SSSR count). The van der Waals surface area contributed by atoms with Crippen molar-refractivity contribution in [1.82, 2.24) is 4.98 Å². The Hall–Kier alpha value is -3.73. The first-order valence-corrected chi connectivity index (χ1v) is 6.99. The average Bonchev–Trinajstić information content (AvgIpc) is 2.60. The number of ether oxygens (including phenoxy) is 2. The summed E-state index contributed by atoms with van der Waals surface area (Å²) in [6, 6.07) is 7.98. The summed E-state index contributed by atoms with van der Waals surface area (Å²) in [5, 5.41) is 11.2. The fraction of sp³-hybridized carbons (Fsp3) is 0.0588. The number of rotatable bonds is 4. The SMILES string of the molecule is [C-]#[N+]c1cc2c(Oc3ccc([N+](=O)[O-])c(F)c3)ccnc2cc1OC. The smallest absolute Gasteiger partial charge is 0.305 e. The standard InChI is InChI=1S/C17H10FN3O4/c1-19-14-8-11-13(9-17(14)24-2)20-6-5-16(11)25-10-3-4-15(21(22)23)12(18)7-10/h3-9H,2H3. The molecule has 0 spiro atoms. The molecule has 8 heteroatoms. The summed E-state index contributed by atoms with van der Waals surface area (Å²) in [4.78, 5) is 17.5. The third-order valence-corrected chi connectivity index (χ3v) is 3.47. The summed E-state index contributed by atoms with van der Waals surface area (Å²) in [6.45, 7) is 7.22. The highest BCUT2D eigenvalue weighted by molar-refractivity contribution is 5.91. The molecule has 0 saturated heterocycles. The topological polar surface area (TPSA) is 78.9 Å². The van der Waals surface area contributed by atoms with E-state index in [1.54, 1.807) is 18.2 Å². The van der Waals surface area contributed by atoms with E-state index < -0.39 is 16.4 Å². The lowest BCUT2D eigenvalue weighted by Gasteiger charge is -2.10. The van der Waals surface area contributed by atoms with Gasteiger partial charge in [-0.1, -0.05) is 0 Å². The second-order valence-corrected chi connectivity index (χ2v) is 4.93. The highest BCUT2D eigenvalue weighted by Crippen LogP contribution is 2.37. The molecule has 124 valence electrons. The van der Waals surface area contributed by atoms with Crippen LogP contribution >= 0.6 is 0 Å². The predicted molar refractivity (Wildman–Crippen MR) is 87.7 cm³/mol. The van der Waals surface area contributed by atoms with Crippen LogP contribution in [-0.4, -0.2) is 17.0 Å². The molecule has 0 bridgehead atoms. The number of hydrogen-bond donors (Lipinski definition) is 0. The van der Waals surface area contributed by atoms with E-state index in [2.05, 4.69) is 9.83 Å². The van der Waals surface area contributed by atoms with Crippen LogP contribution in [0.3, 0.4) is 0 Å². The van der Waals surface area contributed by atoms with Gasteiger partial charge in [-0.25, -0.2) is 4.85 Å². The van der Waals surface area contributed by atoms with Crippen LogP contribution in [0.1, 0.15) is 0 Å². The van der Waals surface area contributed by atoms with Gasteiger partial charge in [-0.05, 0) is 24.3 Å². The highest BCUT2D eigenvalue weighted by Gasteiger charge is 2.16. The molecule has 3 aromatic rings. The van der Waals surface area contributed by atoms with Crippen LogP contribution in [0.5, 0.6) is 17.2 Å². The summed E-state index contributed by atoms with van der Waals surface area (Å²) in [6.07, 6.45) is 1.50. The molecule has 0 unspecified atom stereocenters. The summed E-state index contributed by atoms with van der Waals surface area (Å²) in [5.41, 5.74) is 0.179. The molecule has 25 heavy (non-hydrogen) atoms. The molecule has 2 aromatic carbocycles. The number of nitro benzene ring substituents is 1. The number of nitro groups is 1. The molecule has 7 nitrogen and oxygen atoms in total. The van der Waals surface area contributed by atoms with Crippen molar-refractivity contribution in [2.24, 2.45) is 0 Å². The lowest BCUT2D eigenvalue weighted by Crippen LogP contribution is -1.94. The van der Waals surface area contributed by atoms with Crippen molar-refractivity contribution in [3.05, 3.63) is 69.9 Å². The molecule has 0 fully saturated rings. The first-order chi connectivity index (χ1) is 12.0. The normalized spacial score (nSPS) is 10.3. The number of halogens is 1. The van der Waals surface area contributed by atoms with E-state index in [0.717, 1.165) is 12.1 Å². The Labute approximate surface area is 141 Å². The van der Waals surface area contributed by atoms with E-state index in [0.29, 0.717) is 22.4 Å². The second kappa shape index (κ2) is 6.41. The Balaban J connectivity index is 2.06. The molecule has 0 saturated carbocycles. The van der Waals surface area contributed by atoms with Gasteiger partial charge in [0.25, 0.3) is 0 Å². The number of methoxy groups -OCH3 is 1. The Morgan fingerprint density at radius 1 is 1.24 bits per heavy atom. The van der Waals surface area contributed by atoms with Gasteiger partial charge in [0.15, 0.2) is 0 Å². The molecule has 0 amide bonds. The molecule has 0 aliphatic rings. The molecular formula is C17H10FN3O4. The van der Waals surface area contributed by atoms with E-state index in [9.17, 15) is 14.5 Å². The van der Waals surface area contributed by atoms with Gasteiger partial charge in [-0.2, -0.15) is 4.39 Å². The minimum absolute atomic E-state index is 0.0933. The first-order valence-electron chi connectivity index (χ1n) is 6.99. The van der Waals surface area contributed by atoms with Crippen molar-refractivity contribution in [2.75, 3.05) is 7.11 Å². The largest absolute Gasteiger partial charge is 0.508 e. The third-order valence-electron chi connectivity index (χ3n) is 3.47. The highest BCUT2D eigenvalue weighted by atomic mass is 19.1. The van der Waals surface area contributed by atoms with E-state index >= 15 is 0 Å². The van der Waals surface area contributed by atoms with Crippen molar-refractivity contribution >= 4 is 22.3 Å². The zero-order valence-electron chi connectivity index (χ0n) is 12.9. The first kappa shape index (κ1) is 16.1. The van der Waals surface area contributed by atoms with Crippen molar-refractivity contribution in [2.45, 2.75) is 0 Å². The lowest BCUT2D eigenvalue weighted by atomic mass is 10.1. The fourth-order valence-electron chi connectivity index (χ4n) is 2.30. The quantitative estimate of drug-likeness (QED) is 0.393. The summed E-state index contributed by atoms with van der Waals surface area (Å²) in [7, 11) is 1.45. The van der Waals surface area contributed by atoms with Crippen molar-refractivity contribution in [1.29, 1.82) is 0 Å². The molecule has 0 aliphatic heterocycles. The minimum Gasteiger partial charge on any atom is -0.508 e. The number of fused-ring (bicyclic) bond motifs is 1. The van der Waals surface area contributed by atoms with Crippen LogP contribution in [-0.2, 0) is 0 Å². The molecule has 0 aliphatic carbocycles. The van der Waals surface area contributed by atoms with E-state index in [4.69, 9.17) is 16.0 Å². The summed E-state index contributed by atoms with van der Waals surface area (Å²) in [5.74, 6) is -0.181. The predicted octanol–water partition coefficient (Wildman–Crippen LogP) is 4.63. The fourth-order valence-corrected chi connectivity index (χ4v) is 2.30. The number of aromatic nitrogens is 1. The van der Waals surface area contributed by atoms with Gasteiger partial charge >= 0.3 is 5.69 Å². The number of hydrogen-bond acceptors (Lipinski definition) is 5. The van der Waals surface area contributed by atoms with Gasteiger partial charge < -0.3 is 9.47 Å². The van der Waals surface area contributed by atoms with E-state index in [1.165, 1.54) is 19.4 Å². The zero-order valence-corrected chi connectivity index (χ0v) is 12.9. The van der Waals surface area contributed by atoms with Gasteiger partial charge in [0.2, 0.25) is 11.5 Å². The minimum atomic E-state index is -0.996. The van der Waals surface area contributed by atoms with Crippen molar-refractivity contribution < 1.29 is 18.8 Å². The number of nitrogens with zero attached hydrogens (tertiary/aromatic N) is 3. The molecule has 0 N–H and O–H groups in total. The maximum atomic E-state index is 13.7. The summed E-state index contributed by atoms with van der Waals surface area (Å²) < 4.78 is 24.5. The molecule has 0 atom stereocenters. The zero-order chi connectivity index (χ0) is 18.0. The maximum absolute atomic E-state index is 13.7. The molecule has 1 aromatic heterocycles. The maximum Gasteiger partial charge on any atom is 0.305 e. The Kier molecular flexibility index (Phi) is 4.14. The van der Waals surface area contributed by atoms with Gasteiger partial charge in [0.1, 0.15) is 17.2 Å². The Morgan fingerprint density at radius 2 is 2.04 bits per heavy atom. The van der Waals surface area contributed by atoms with Crippen LogP contribution in [0.25, 0.3) is 15.7 Å². The van der Waals surface area contributed by atoms with Crippen LogP contribution in [0.15, 0.2) is 42.6 Å². The summed E-state index contributed by atoms with van der Waals surface area (Å²) >= 11 is 0. The van der Waals surface area contributed by atoms with E-state index in [1.807, 2.05) is 0 Å². The van der Waals surface area contributed by atoms with Crippen molar-refractivity contribution in [3.63, 3.8) is 0 Å². The van der Waals surface area contributed by atoms with Crippen LogP contribution < -0.4 is 9.47 Å². The van der Waals surface area contributed by atoms with E-state index in [-0.39, 0.29) is 11.4 Å². The lowest BCUT2D eigenvalue weighted by molar-refractivity contribution is -0.387. The number of pyridine rings is 1. The monoisotopic (exact) mass is 339 g/mol. The van der Waals surface area contributed by atoms with Gasteiger partial charge in [0.05, 0.1) is 24.1 Å². The Morgan fingerprint density at radius 3 is 2.68 bits per heavy atom. The van der Waals surface area contributed by atoms with Crippen molar-refractivity contribution in [3.8, 4) is 17.2 Å². The van der Waals surface area contributed by atoms with Gasteiger partial charge in [0, 0.05) is 23.7 Å². The third kappa shape index (κ3) is 3.03. The molecule has 1 heterocycles. The number of benzene rings is 2. The Bertz CT molecular complexity index is 1030. The van der Waals surface area contributed by atoms with Gasteiger partial charge in [-0.3, -0.25) is 15.1 Å². The van der Waals surface area contributed by atoms with Crippen LogP contribution in [0.2, 0.25) is 0 Å². The molecule has 0 radical (unpaired) electrons. The average molecular weight is 339 g/mol. The van der Waals surface area contributed by atoms with Crippen LogP contribution in [0.4, 0.5) is 15.8 Å².